The van der Waals surface area contributed by atoms with Gasteiger partial charge in [-0.1, -0.05) is 321 Å². The van der Waals surface area contributed by atoms with Crippen molar-refractivity contribution in [2.45, 2.75) is 52.4 Å². The normalized spacial score (nSPS) is 12.6. The molecule has 0 atom stereocenters. The van der Waals surface area contributed by atoms with Crippen LogP contribution in [0.25, 0.3) is 111 Å². The Bertz CT molecular complexity index is 5080. The molecule has 0 saturated carbocycles. The average molecular weight is 1230 g/mol. The van der Waals surface area contributed by atoms with E-state index in [1.54, 1.807) is 0 Å². The summed E-state index contributed by atoms with van der Waals surface area (Å²) >= 11 is 0. The van der Waals surface area contributed by atoms with Crippen LogP contribution >= 0.6 is 0 Å². The molecule has 2 aliphatic heterocycles. The fourth-order valence-corrected chi connectivity index (χ4v) is 15.1. The Morgan fingerprint density at radius 3 is 1.03 bits per heavy atom. The maximum absolute atomic E-state index is 7.17. The summed E-state index contributed by atoms with van der Waals surface area (Å²) < 4.78 is 7.17. The fraction of sp³-hybridized carbons (Fsp3) is 0.0870. The van der Waals surface area contributed by atoms with E-state index in [1.165, 1.54) is 27.5 Å². The second-order valence-corrected chi connectivity index (χ2v) is 28.0. The lowest BCUT2D eigenvalue weighted by molar-refractivity contribution is 0.569. The molecule has 0 saturated heterocycles. The van der Waals surface area contributed by atoms with Crippen LogP contribution in [0.1, 0.15) is 52.7 Å². The van der Waals surface area contributed by atoms with Gasteiger partial charge < -0.3 is 14.2 Å². The van der Waals surface area contributed by atoms with Crippen molar-refractivity contribution in [1.29, 1.82) is 0 Å². The van der Waals surface area contributed by atoms with Crippen molar-refractivity contribution in [3.8, 4) is 89.0 Å². The highest BCUT2D eigenvalue weighted by Crippen LogP contribution is 2.55. The topological polar surface area (TPSA) is 19.6 Å². The van der Waals surface area contributed by atoms with Gasteiger partial charge in [-0.25, -0.2) is 0 Å². The Morgan fingerprint density at radius 2 is 0.625 bits per heavy atom. The molecule has 96 heavy (non-hydrogen) atoms. The third kappa shape index (κ3) is 10.1. The lowest BCUT2D eigenvalue weighted by Crippen LogP contribution is -2.61. The summed E-state index contributed by atoms with van der Waals surface area (Å²) in [7, 11) is 0. The zero-order chi connectivity index (χ0) is 64.8. The van der Waals surface area contributed by atoms with Crippen molar-refractivity contribution in [2.24, 2.45) is 0 Å². The maximum Gasteiger partial charge on any atom is 0.252 e. The Hall–Kier alpha value is -11.5. The number of hydrogen-bond donors (Lipinski definition) is 0. The summed E-state index contributed by atoms with van der Waals surface area (Å²) in [5.41, 5.74) is 32.5. The van der Waals surface area contributed by atoms with Gasteiger partial charge in [0.05, 0.1) is 11.4 Å². The third-order valence-electron chi connectivity index (χ3n) is 19.9. The zero-order valence-corrected chi connectivity index (χ0v) is 55.0. The molecule has 0 fully saturated rings. The lowest BCUT2D eigenvalue weighted by Gasteiger charge is -2.46. The molecule has 3 nitrogen and oxygen atoms in total. The van der Waals surface area contributed by atoms with Crippen molar-refractivity contribution in [3.63, 3.8) is 0 Å². The van der Waals surface area contributed by atoms with Crippen LogP contribution in [0.2, 0.25) is 0 Å². The van der Waals surface area contributed by atoms with E-state index in [0.717, 1.165) is 145 Å². The molecule has 0 N–H and O–H groups in total. The summed E-state index contributed by atoms with van der Waals surface area (Å²) in [6.07, 6.45) is 0. The molecule has 4 heteroatoms. The highest BCUT2D eigenvalue weighted by atomic mass is 16.3. The molecule has 0 spiro atoms. The Labute approximate surface area is 564 Å². The van der Waals surface area contributed by atoms with Crippen molar-refractivity contribution in [1.82, 2.24) is 0 Å². The van der Waals surface area contributed by atoms with Crippen LogP contribution in [0.4, 0.5) is 34.1 Å². The summed E-state index contributed by atoms with van der Waals surface area (Å²) in [5.74, 6) is 0. The number of hydrogen-bond acceptors (Lipinski definition) is 3. The first-order chi connectivity index (χ1) is 46.9. The van der Waals surface area contributed by atoms with Crippen LogP contribution in [-0.2, 0) is 10.8 Å². The molecule has 3 heterocycles. The Kier molecular flexibility index (Phi) is 14.1. The molecule has 0 aliphatic carbocycles. The van der Waals surface area contributed by atoms with Crippen LogP contribution in [-0.4, -0.2) is 6.71 Å². The molecule has 0 radical (unpaired) electrons. The fourth-order valence-electron chi connectivity index (χ4n) is 15.1. The van der Waals surface area contributed by atoms with Gasteiger partial charge in [-0.3, -0.25) is 0 Å². The van der Waals surface area contributed by atoms with Crippen molar-refractivity contribution in [3.05, 3.63) is 333 Å². The van der Waals surface area contributed by atoms with E-state index in [4.69, 9.17) is 4.42 Å². The first kappa shape index (κ1) is 58.4. The lowest BCUT2D eigenvalue weighted by atomic mass is 9.33. The SMILES string of the molecule is CC(C)(C)c1cc(-c2cc(-c3cc4c5c(c3)N(c3c(-c6ccccc6)cccc3-c3ccccc3)c3cc(-c6ccccc6)ccc3B5c3ccc(-c5ccccc5)cc3N4c3c(-c4ccccc4)cccc3-c3ccccc3)cc3c2oc2ccccc23)cc(C(C)(C)C)c1. The monoisotopic (exact) mass is 1230 g/mol. The summed E-state index contributed by atoms with van der Waals surface area (Å²) in [4.78, 5) is 5.34. The number of fused-ring (bicyclic) bond motifs is 7. The van der Waals surface area contributed by atoms with Crippen LogP contribution in [0.5, 0.6) is 0 Å². The quantitative estimate of drug-likeness (QED) is 0.127. The second kappa shape index (κ2) is 23.2. The predicted octanol–water partition coefficient (Wildman–Crippen LogP) is 23.6. The van der Waals surface area contributed by atoms with Gasteiger partial charge >= 0.3 is 0 Å². The van der Waals surface area contributed by atoms with Gasteiger partial charge in [-0.15, -0.1) is 0 Å². The highest BCUT2D eigenvalue weighted by Gasteiger charge is 2.46. The standard InChI is InChI=1S/C92H71BN2O/c1-91(2,3)71-51-70(52-72(59-71)92(4,5)6)78-53-68(54-79-77-41-25-26-46-86(77)96-90(78)79)69-57-84-87-85(58-69)95(89-75(64-37-21-11-22-38-64)44-28-45-76(89)65-39-23-12-24-40-65)83-56-67(61-31-15-8-16-32-61)48-50-81(83)93(87)80-49-47-66(60-29-13-7-14-30-60)55-82(80)94(84)88-73(62-33-17-9-18-34-62)42-27-43-74(88)63-35-19-10-20-36-63/h7-59H,1-6H3. The highest BCUT2D eigenvalue weighted by molar-refractivity contribution is 7.00. The van der Waals surface area contributed by atoms with Crippen LogP contribution in [0, 0.1) is 0 Å². The van der Waals surface area contributed by atoms with Gasteiger partial charge in [-0.2, -0.15) is 0 Å². The molecule has 17 rings (SSSR count). The van der Waals surface area contributed by atoms with Crippen LogP contribution in [0.15, 0.2) is 326 Å². The molecule has 15 aromatic rings. The summed E-state index contributed by atoms with van der Waals surface area (Å²) in [6.45, 7) is 13.8. The molecule has 0 unspecified atom stereocenters. The van der Waals surface area contributed by atoms with Crippen LogP contribution < -0.4 is 26.2 Å². The number of benzene rings is 14. The largest absolute Gasteiger partial charge is 0.455 e. The number of anilines is 6. The van der Waals surface area contributed by atoms with E-state index >= 15 is 0 Å². The molecule has 1 aromatic heterocycles. The van der Waals surface area contributed by atoms with Gasteiger partial charge in [0.2, 0.25) is 0 Å². The molecule has 2 aliphatic rings. The Balaban J connectivity index is 1.07. The molecule has 0 bridgehead atoms. The van der Waals surface area contributed by atoms with Crippen LogP contribution in [0.3, 0.4) is 0 Å². The summed E-state index contributed by atoms with van der Waals surface area (Å²) in [6, 6.07) is 120. The van der Waals surface area contributed by atoms with Crippen molar-refractivity contribution < 1.29 is 4.42 Å². The van der Waals surface area contributed by atoms with E-state index < -0.39 is 0 Å². The van der Waals surface area contributed by atoms with Crippen molar-refractivity contribution >= 4 is 79.2 Å². The second-order valence-electron chi connectivity index (χ2n) is 28.0. The predicted molar refractivity (Wildman–Crippen MR) is 409 cm³/mol. The van der Waals surface area contributed by atoms with Gasteiger partial charge in [0.1, 0.15) is 11.2 Å². The minimum Gasteiger partial charge on any atom is -0.455 e. The minimum absolute atomic E-state index is 0.123. The number of furan rings is 1. The van der Waals surface area contributed by atoms with Gasteiger partial charge in [0.25, 0.3) is 6.71 Å². The number of para-hydroxylation sites is 3. The molecular formula is C92H71BN2O. The first-order valence-corrected chi connectivity index (χ1v) is 33.7. The van der Waals surface area contributed by atoms with Crippen molar-refractivity contribution in [2.75, 3.05) is 9.80 Å². The molecule has 458 valence electrons. The Morgan fingerprint density at radius 1 is 0.260 bits per heavy atom. The molecular weight excluding hydrogens is 1160 g/mol. The molecule has 0 amide bonds. The van der Waals surface area contributed by atoms with E-state index in [9.17, 15) is 0 Å². The van der Waals surface area contributed by atoms with E-state index in [2.05, 4.69) is 373 Å². The summed E-state index contributed by atoms with van der Waals surface area (Å²) in [5, 5.41) is 2.16. The minimum atomic E-state index is -0.212. The smallest absolute Gasteiger partial charge is 0.252 e. The number of nitrogens with zero attached hydrogens (tertiary/aromatic N) is 2. The van der Waals surface area contributed by atoms with Gasteiger partial charge in [-0.05, 0) is 142 Å². The average Bonchev–Trinajstić information content (AvgIpc) is 0.766. The number of rotatable bonds is 10. The first-order valence-electron chi connectivity index (χ1n) is 33.7. The third-order valence-corrected chi connectivity index (χ3v) is 19.9. The zero-order valence-electron chi connectivity index (χ0n) is 55.0. The molecule has 14 aromatic carbocycles. The van der Waals surface area contributed by atoms with Gasteiger partial charge in [0.15, 0.2) is 0 Å². The maximum atomic E-state index is 7.17. The van der Waals surface area contributed by atoms with Gasteiger partial charge in [0, 0.05) is 61.3 Å². The van der Waals surface area contributed by atoms with E-state index in [1.807, 2.05) is 0 Å². The van der Waals surface area contributed by atoms with E-state index in [-0.39, 0.29) is 17.5 Å². The van der Waals surface area contributed by atoms with E-state index in [0.29, 0.717) is 0 Å².